The Morgan fingerprint density at radius 3 is 2.25 bits per heavy atom. The molecule has 0 fully saturated rings. The van der Waals surface area contributed by atoms with E-state index in [9.17, 15) is 9.59 Å². The molecule has 3 N–H and O–H groups in total. The van der Waals surface area contributed by atoms with E-state index in [-0.39, 0.29) is 11.8 Å². The Labute approximate surface area is 142 Å². The summed E-state index contributed by atoms with van der Waals surface area (Å²) in [7, 11) is 0. The quantitative estimate of drug-likeness (QED) is 0.802. The Balaban J connectivity index is 1.97. The summed E-state index contributed by atoms with van der Waals surface area (Å²) >= 11 is 0. The van der Waals surface area contributed by atoms with E-state index in [0.717, 1.165) is 5.56 Å². The van der Waals surface area contributed by atoms with E-state index >= 15 is 0 Å². The van der Waals surface area contributed by atoms with E-state index in [1.54, 1.807) is 41.3 Å². The molecule has 0 spiro atoms. The molecule has 2 amide bonds. The van der Waals surface area contributed by atoms with Crippen molar-refractivity contribution in [2.45, 2.75) is 20.4 Å². The van der Waals surface area contributed by atoms with Gasteiger partial charge in [0.1, 0.15) is 0 Å². The van der Waals surface area contributed by atoms with E-state index < -0.39 is 0 Å². The summed E-state index contributed by atoms with van der Waals surface area (Å²) in [5.41, 5.74) is 8.36. The van der Waals surface area contributed by atoms with Gasteiger partial charge in [-0.1, -0.05) is 18.2 Å². The van der Waals surface area contributed by atoms with Crippen LogP contribution in [0.1, 0.15) is 40.1 Å². The summed E-state index contributed by atoms with van der Waals surface area (Å²) in [6.07, 6.45) is 0. The number of nitrogens with zero attached hydrogens (tertiary/aromatic N) is 1. The number of hydrogen-bond donors (Lipinski definition) is 2. The van der Waals surface area contributed by atoms with Gasteiger partial charge in [0.05, 0.1) is 0 Å². The average molecular weight is 325 g/mol. The third kappa shape index (κ3) is 4.35. The molecule has 0 heterocycles. The molecule has 2 rings (SSSR count). The molecule has 0 aliphatic carbocycles. The number of nitrogens with one attached hydrogen (secondary N) is 1. The zero-order chi connectivity index (χ0) is 17.5. The lowest BCUT2D eigenvalue weighted by atomic mass is 10.1. The van der Waals surface area contributed by atoms with Crippen molar-refractivity contribution < 1.29 is 9.59 Å². The van der Waals surface area contributed by atoms with Gasteiger partial charge in [0, 0.05) is 36.4 Å². The number of anilines is 1. The maximum atomic E-state index is 12.2. The summed E-state index contributed by atoms with van der Waals surface area (Å²) in [4.78, 5) is 26.1. The predicted octanol–water partition coefficient (Wildman–Crippen LogP) is 2.68. The molecule has 2 aromatic carbocycles. The van der Waals surface area contributed by atoms with Gasteiger partial charge in [-0.15, -0.1) is 0 Å². The van der Waals surface area contributed by atoms with Crippen LogP contribution in [0.25, 0.3) is 0 Å². The number of rotatable bonds is 6. The third-order valence-corrected chi connectivity index (χ3v) is 3.85. The van der Waals surface area contributed by atoms with Crippen LogP contribution < -0.4 is 11.1 Å². The molecule has 24 heavy (non-hydrogen) atoms. The lowest BCUT2D eigenvalue weighted by Crippen LogP contribution is -2.30. The van der Waals surface area contributed by atoms with Gasteiger partial charge in [-0.3, -0.25) is 9.59 Å². The van der Waals surface area contributed by atoms with Gasteiger partial charge in [-0.25, -0.2) is 0 Å². The molecule has 5 nitrogen and oxygen atoms in total. The van der Waals surface area contributed by atoms with E-state index in [4.69, 9.17) is 5.73 Å². The van der Waals surface area contributed by atoms with Crippen molar-refractivity contribution in [1.82, 2.24) is 10.2 Å². The normalized spacial score (nSPS) is 10.2. The molecule has 0 bridgehead atoms. The van der Waals surface area contributed by atoms with Gasteiger partial charge in [0.2, 0.25) is 0 Å². The summed E-state index contributed by atoms with van der Waals surface area (Å²) in [5.74, 6) is -0.152. The minimum absolute atomic E-state index is 0.0235. The van der Waals surface area contributed by atoms with Crippen molar-refractivity contribution in [3.8, 4) is 0 Å². The molecule has 2 aromatic rings. The highest BCUT2D eigenvalue weighted by molar-refractivity contribution is 5.95. The van der Waals surface area contributed by atoms with Crippen molar-refractivity contribution in [3.63, 3.8) is 0 Å². The van der Waals surface area contributed by atoms with Gasteiger partial charge in [0.25, 0.3) is 11.8 Å². The van der Waals surface area contributed by atoms with E-state index in [1.807, 2.05) is 26.0 Å². The highest BCUT2D eigenvalue weighted by Crippen LogP contribution is 2.09. The number of hydrogen-bond acceptors (Lipinski definition) is 3. The zero-order valence-corrected chi connectivity index (χ0v) is 14.1. The summed E-state index contributed by atoms with van der Waals surface area (Å²) in [6.45, 7) is 5.69. The molecule has 0 radical (unpaired) electrons. The molecule has 0 unspecified atom stereocenters. The van der Waals surface area contributed by atoms with Crippen molar-refractivity contribution in [2.24, 2.45) is 0 Å². The first-order chi connectivity index (χ1) is 11.5. The minimum Gasteiger partial charge on any atom is -0.399 e. The first kappa shape index (κ1) is 17.5. The van der Waals surface area contributed by atoms with Gasteiger partial charge < -0.3 is 16.0 Å². The Hall–Kier alpha value is -2.82. The van der Waals surface area contributed by atoms with Gasteiger partial charge >= 0.3 is 0 Å². The van der Waals surface area contributed by atoms with Crippen molar-refractivity contribution in [3.05, 3.63) is 65.2 Å². The second kappa shape index (κ2) is 8.15. The molecule has 0 saturated carbocycles. The van der Waals surface area contributed by atoms with Crippen LogP contribution >= 0.6 is 0 Å². The zero-order valence-electron chi connectivity index (χ0n) is 14.1. The van der Waals surface area contributed by atoms with Crippen LogP contribution in [-0.4, -0.2) is 29.8 Å². The number of carbonyl (C=O) groups is 2. The van der Waals surface area contributed by atoms with Crippen molar-refractivity contribution >= 4 is 17.5 Å². The number of nitrogen functional groups attached to an aromatic ring is 1. The maximum absolute atomic E-state index is 12.2. The highest BCUT2D eigenvalue weighted by Gasteiger charge is 2.12. The molecular formula is C19H23N3O2. The Kier molecular flexibility index (Phi) is 5.95. The van der Waals surface area contributed by atoms with Crippen molar-refractivity contribution in [2.75, 3.05) is 18.8 Å². The summed E-state index contributed by atoms with van der Waals surface area (Å²) < 4.78 is 0. The molecule has 0 saturated heterocycles. The summed E-state index contributed by atoms with van der Waals surface area (Å²) in [6, 6.07) is 14.1. The number of nitrogens with two attached hydrogens (primary N) is 1. The molecule has 126 valence electrons. The lowest BCUT2D eigenvalue weighted by Gasteiger charge is -2.18. The number of amides is 2. The van der Waals surface area contributed by atoms with E-state index in [1.165, 1.54) is 0 Å². The third-order valence-electron chi connectivity index (χ3n) is 3.85. The van der Waals surface area contributed by atoms with Crippen LogP contribution in [0.3, 0.4) is 0 Å². The molecule has 0 aliphatic rings. The smallest absolute Gasteiger partial charge is 0.253 e. The predicted molar refractivity (Wildman–Crippen MR) is 95.7 cm³/mol. The fraction of sp³-hybridized carbons (Fsp3) is 0.263. The highest BCUT2D eigenvalue weighted by atomic mass is 16.2. The van der Waals surface area contributed by atoms with E-state index in [0.29, 0.717) is 36.4 Å². The Morgan fingerprint density at radius 1 is 1.00 bits per heavy atom. The van der Waals surface area contributed by atoms with Gasteiger partial charge in [-0.05, 0) is 49.7 Å². The first-order valence-electron chi connectivity index (χ1n) is 8.07. The minimum atomic E-state index is -0.175. The Bertz CT molecular complexity index is 707. The molecule has 0 aromatic heterocycles. The molecule has 5 heteroatoms. The van der Waals surface area contributed by atoms with Crippen LogP contribution in [0.5, 0.6) is 0 Å². The number of carbonyl (C=O) groups excluding carboxylic acids is 2. The second-order valence-corrected chi connectivity index (χ2v) is 5.48. The standard InChI is InChI=1S/C19H23N3O2/c1-3-22(4-2)19(24)15-10-8-14(9-11-15)13-21-18(23)16-6-5-7-17(20)12-16/h5-12H,3-4,13,20H2,1-2H3,(H,21,23). The first-order valence-corrected chi connectivity index (χ1v) is 8.07. The van der Waals surface area contributed by atoms with E-state index in [2.05, 4.69) is 5.32 Å². The van der Waals surface area contributed by atoms with Crippen LogP contribution in [-0.2, 0) is 6.54 Å². The monoisotopic (exact) mass is 325 g/mol. The van der Waals surface area contributed by atoms with Crippen LogP contribution in [0.2, 0.25) is 0 Å². The van der Waals surface area contributed by atoms with Gasteiger partial charge in [0.15, 0.2) is 0 Å². The van der Waals surface area contributed by atoms with Crippen LogP contribution in [0, 0.1) is 0 Å². The molecular weight excluding hydrogens is 302 g/mol. The van der Waals surface area contributed by atoms with Crippen LogP contribution in [0.4, 0.5) is 5.69 Å². The maximum Gasteiger partial charge on any atom is 0.253 e. The fourth-order valence-corrected chi connectivity index (χ4v) is 2.42. The molecule has 0 atom stereocenters. The van der Waals surface area contributed by atoms with Crippen LogP contribution in [0.15, 0.2) is 48.5 Å². The SMILES string of the molecule is CCN(CC)C(=O)c1ccc(CNC(=O)c2cccc(N)c2)cc1. The average Bonchev–Trinajstić information content (AvgIpc) is 2.61. The molecule has 0 aliphatic heterocycles. The van der Waals surface area contributed by atoms with Crippen molar-refractivity contribution in [1.29, 1.82) is 0 Å². The summed E-state index contributed by atoms with van der Waals surface area (Å²) in [5, 5.41) is 2.85. The topological polar surface area (TPSA) is 75.4 Å². The second-order valence-electron chi connectivity index (χ2n) is 5.48. The number of benzene rings is 2. The van der Waals surface area contributed by atoms with Gasteiger partial charge in [-0.2, -0.15) is 0 Å². The lowest BCUT2D eigenvalue weighted by molar-refractivity contribution is 0.0772. The largest absolute Gasteiger partial charge is 0.399 e. The Morgan fingerprint density at radius 2 is 1.67 bits per heavy atom. The fourth-order valence-electron chi connectivity index (χ4n) is 2.42.